The lowest BCUT2D eigenvalue weighted by Gasteiger charge is -2.35. The Morgan fingerprint density at radius 1 is 0.841 bits per heavy atom. The van der Waals surface area contributed by atoms with Crippen LogP contribution in [0, 0.1) is 0 Å². The van der Waals surface area contributed by atoms with Crippen LogP contribution in [0.5, 0.6) is 0 Å². The van der Waals surface area contributed by atoms with Crippen molar-refractivity contribution in [1.82, 2.24) is 24.7 Å². The van der Waals surface area contributed by atoms with Gasteiger partial charge in [-0.3, -0.25) is 28.9 Å². The van der Waals surface area contributed by atoms with Gasteiger partial charge in [0, 0.05) is 67.5 Å². The smallest absolute Gasteiger partial charge is 0.263 e. The predicted octanol–water partition coefficient (Wildman–Crippen LogP) is 6.24. The number of hydrogen-bond acceptors (Lipinski definition) is 5. The van der Waals surface area contributed by atoms with Crippen molar-refractivity contribution in [1.29, 1.82) is 0 Å². The zero-order valence-electron chi connectivity index (χ0n) is 24.8. The fraction of sp³-hybridized carbons (Fsp3) is 0.250. The number of carbonyl (C=O) groups is 1. The van der Waals surface area contributed by atoms with Gasteiger partial charge in [0.1, 0.15) is 0 Å². The number of nitrogens with one attached hydrogen (secondary N) is 1. The van der Waals surface area contributed by atoms with E-state index in [-0.39, 0.29) is 17.5 Å². The first-order valence-electron chi connectivity index (χ1n) is 15.1. The molecule has 0 saturated carbocycles. The van der Waals surface area contributed by atoms with E-state index in [1.54, 1.807) is 22.8 Å². The van der Waals surface area contributed by atoms with Crippen LogP contribution in [0.4, 0.5) is 0 Å². The topological polar surface area (TPSA) is 70.5 Å². The Balaban J connectivity index is 1.41. The number of nitrogens with zero attached hydrogens (tertiary/aromatic N) is 4. The molecule has 0 unspecified atom stereocenters. The van der Waals surface area contributed by atoms with Gasteiger partial charge in [-0.05, 0) is 53.9 Å². The Morgan fingerprint density at radius 3 is 2.18 bits per heavy atom. The van der Waals surface area contributed by atoms with Crippen LogP contribution in [0.25, 0.3) is 16.5 Å². The summed E-state index contributed by atoms with van der Waals surface area (Å²) in [5.41, 5.74) is 3.95. The molecule has 7 nitrogen and oxygen atoms in total. The highest BCUT2D eigenvalue weighted by Crippen LogP contribution is 2.27. The lowest BCUT2D eigenvalue weighted by atomic mass is 9.99. The summed E-state index contributed by atoms with van der Waals surface area (Å²) in [6.45, 7) is 6.76. The average molecular weight is 606 g/mol. The molecule has 0 aliphatic carbocycles. The highest BCUT2D eigenvalue weighted by molar-refractivity contribution is 6.30. The number of rotatable bonds is 9. The van der Waals surface area contributed by atoms with Gasteiger partial charge in [-0.25, -0.2) is 0 Å². The Labute approximate surface area is 262 Å². The van der Waals surface area contributed by atoms with Gasteiger partial charge in [0.25, 0.3) is 11.5 Å². The van der Waals surface area contributed by atoms with Gasteiger partial charge in [-0.2, -0.15) is 0 Å². The number of aromatic nitrogens is 2. The molecule has 1 amide bonds. The lowest BCUT2D eigenvalue weighted by molar-refractivity contribution is 0.0930. The van der Waals surface area contributed by atoms with Gasteiger partial charge >= 0.3 is 0 Å². The van der Waals surface area contributed by atoms with Gasteiger partial charge in [-0.1, -0.05) is 73.1 Å². The number of halogens is 1. The molecule has 1 N–H and O–H groups in total. The van der Waals surface area contributed by atoms with Crippen LogP contribution in [0.15, 0.2) is 108 Å². The van der Waals surface area contributed by atoms with E-state index in [0.29, 0.717) is 39.3 Å². The first-order valence-corrected chi connectivity index (χ1v) is 15.5. The monoisotopic (exact) mass is 605 g/mol. The largest absolute Gasteiger partial charge is 0.345 e. The Hall–Kier alpha value is -4.30. The lowest BCUT2D eigenvalue weighted by Crippen LogP contribution is -2.46. The predicted molar refractivity (Wildman–Crippen MR) is 176 cm³/mol. The number of benzene rings is 3. The zero-order chi connectivity index (χ0) is 30.5. The van der Waals surface area contributed by atoms with Crippen LogP contribution in [-0.4, -0.2) is 51.4 Å². The minimum atomic E-state index is -0.195. The van der Waals surface area contributed by atoms with Gasteiger partial charge in [0.05, 0.1) is 23.0 Å². The maximum Gasteiger partial charge on any atom is 0.263 e. The van der Waals surface area contributed by atoms with E-state index in [9.17, 15) is 9.59 Å². The second-order valence-corrected chi connectivity index (χ2v) is 11.7. The summed E-state index contributed by atoms with van der Waals surface area (Å²) in [4.78, 5) is 37.5. The molecule has 224 valence electrons. The van der Waals surface area contributed by atoms with Crippen LogP contribution in [0.3, 0.4) is 0 Å². The standard InChI is InChI=1S/C36H36ClN5O2/c1-2-32(27-9-4-3-5-10-27)39-35(43)34-30-13-6-7-14-31(30)36(44)42(29-12-8-11-28(37)23-29)33(34)25-41-21-19-40(20-22-41)24-26-15-17-38-18-16-26/h3-18,23,32H,2,19-22,24-25H2,1H3,(H,39,43)/t32-/m0/s1. The molecule has 3 aromatic carbocycles. The summed E-state index contributed by atoms with van der Waals surface area (Å²) in [6.07, 6.45) is 4.39. The maximum absolute atomic E-state index is 14.4. The normalized spacial score (nSPS) is 14.9. The molecule has 1 aliphatic rings. The van der Waals surface area contributed by atoms with E-state index in [4.69, 9.17) is 11.6 Å². The molecule has 1 saturated heterocycles. The maximum atomic E-state index is 14.4. The molecule has 1 atom stereocenters. The first kappa shape index (κ1) is 29.8. The van der Waals surface area contributed by atoms with E-state index >= 15 is 0 Å². The molecule has 8 heteroatoms. The van der Waals surface area contributed by atoms with E-state index in [2.05, 4.69) is 39.2 Å². The van der Waals surface area contributed by atoms with Crippen LogP contribution < -0.4 is 10.9 Å². The van der Waals surface area contributed by atoms with Gasteiger partial charge < -0.3 is 5.32 Å². The van der Waals surface area contributed by atoms with Crippen molar-refractivity contribution in [2.75, 3.05) is 26.2 Å². The molecule has 6 rings (SSSR count). The van der Waals surface area contributed by atoms with Crippen LogP contribution >= 0.6 is 11.6 Å². The quantitative estimate of drug-likeness (QED) is 0.215. The average Bonchev–Trinajstić information content (AvgIpc) is 3.05. The van der Waals surface area contributed by atoms with Crippen molar-refractivity contribution in [2.45, 2.75) is 32.5 Å². The second kappa shape index (κ2) is 13.6. The van der Waals surface area contributed by atoms with Gasteiger partial charge in [0.2, 0.25) is 0 Å². The third-order valence-corrected chi connectivity index (χ3v) is 8.63. The van der Waals surface area contributed by atoms with Crippen molar-refractivity contribution >= 4 is 28.3 Å². The fourth-order valence-electron chi connectivity index (χ4n) is 6.09. The van der Waals surface area contributed by atoms with Gasteiger partial charge in [-0.15, -0.1) is 0 Å². The number of fused-ring (bicyclic) bond motifs is 1. The highest BCUT2D eigenvalue weighted by atomic mass is 35.5. The molecular weight excluding hydrogens is 570 g/mol. The summed E-state index contributed by atoms with van der Waals surface area (Å²) in [6, 6.07) is 28.6. The molecule has 0 bridgehead atoms. The Bertz CT molecular complexity index is 1800. The van der Waals surface area contributed by atoms with Crippen molar-refractivity contribution in [3.05, 3.63) is 141 Å². The van der Waals surface area contributed by atoms with Crippen molar-refractivity contribution in [3.8, 4) is 5.69 Å². The SMILES string of the molecule is CC[C@H](NC(=O)c1c(CN2CCN(Cc3ccncc3)CC2)n(-c2cccc(Cl)c2)c(=O)c2ccccc12)c1ccccc1. The second-order valence-electron chi connectivity index (χ2n) is 11.2. The van der Waals surface area contributed by atoms with E-state index < -0.39 is 0 Å². The first-order chi connectivity index (χ1) is 21.5. The summed E-state index contributed by atoms with van der Waals surface area (Å²) >= 11 is 6.44. The van der Waals surface area contributed by atoms with E-state index in [1.807, 2.05) is 73.1 Å². The van der Waals surface area contributed by atoms with Gasteiger partial charge in [0.15, 0.2) is 0 Å². The third kappa shape index (κ3) is 6.45. The molecule has 0 radical (unpaired) electrons. The number of hydrogen-bond donors (Lipinski definition) is 1. The van der Waals surface area contributed by atoms with Crippen LogP contribution in [0.1, 0.15) is 46.6 Å². The van der Waals surface area contributed by atoms with Crippen LogP contribution in [-0.2, 0) is 13.1 Å². The molecule has 5 aromatic rings. The van der Waals surface area contributed by atoms with Crippen molar-refractivity contribution in [3.63, 3.8) is 0 Å². The molecule has 1 aliphatic heterocycles. The molecule has 1 fully saturated rings. The zero-order valence-corrected chi connectivity index (χ0v) is 25.6. The van der Waals surface area contributed by atoms with E-state index in [0.717, 1.165) is 44.7 Å². The number of carbonyl (C=O) groups excluding carboxylic acids is 1. The number of amides is 1. The molecule has 44 heavy (non-hydrogen) atoms. The highest BCUT2D eigenvalue weighted by Gasteiger charge is 2.27. The van der Waals surface area contributed by atoms with Crippen molar-refractivity contribution in [2.24, 2.45) is 0 Å². The number of piperazine rings is 1. The molecule has 0 spiro atoms. The Kier molecular flexibility index (Phi) is 9.17. The molecule has 2 aromatic heterocycles. The minimum absolute atomic E-state index is 0.166. The molecular formula is C36H36ClN5O2. The third-order valence-electron chi connectivity index (χ3n) is 8.39. The summed E-state index contributed by atoms with van der Waals surface area (Å²) in [7, 11) is 0. The number of pyridine rings is 2. The minimum Gasteiger partial charge on any atom is -0.345 e. The molecule has 3 heterocycles. The van der Waals surface area contributed by atoms with E-state index in [1.165, 1.54) is 5.56 Å². The summed E-state index contributed by atoms with van der Waals surface area (Å²) < 4.78 is 1.69. The van der Waals surface area contributed by atoms with Crippen LogP contribution in [0.2, 0.25) is 5.02 Å². The summed E-state index contributed by atoms with van der Waals surface area (Å²) in [5.74, 6) is -0.195. The Morgan fingerprint density at radius 2 is 1.50 bits per heavy atom. The van der Waals surface area contributed by atoms with Crippen molar-refractivity contribution < 1.29 is 4.79 Å². The fourth-order valence-corrected chi connectivity index (χ4v) is 6.27. The summed E-state index contributed by atoms with van der Waals surface area (Å²) in [5, 5.41) is 4.98.